The summed E-state index contributed by atoms with van der Waals surface area (Å²) >= 11 is 6.42. The minimum absolute atomic E-state index is 0.0402. The molecule has 1 saturated heterocycles. The number of carboxylic acid groups (broad SMARTS) is 1. The molecule has 0 spiro atoms. The van der Waals surface area contributed by atoms with E-state index in [-0.39, 0.29) is 31.5 Å². The second-order valence-electron chi connectivity index (χ2n) is 8.79. The molecule has 0 radical (unpaired) electrons. The molecule has 0 saturated carbocycles. The van der Waals surface area contributed by atoms with Gasteiger partial charge >= 0.3 is 12.1 Å². The lowest BCUT2D eigenvalue weighted by molar-refractivity contribution is -0.141. The summed E-state index contributed by atoms with van der Waals surface area (Å²) in [5.41, 5.74) is 6.36. The standard InChI is InChI=1S/C27H24ClNO4/c1-16-10-11-21(25(28)12-16)22-13-29(14-23(22)26(30)31)27(32)33-15-24-19-8-4-2-6-17(19)18-7-3-5-9-20(18)24/h2-12,22-24H,13-15H2,1H3,(H,30,31). The summed E-state index contributed by atoms with van der Waals surface area (Å²) in [4.78, 5) is 26.4. The van der Waals surface area contributed by atoms with Crippen LogP contribution in [0.3, 0.4) is 0 Å². The number of carboxylic acids is 1. The van der Waals surface area contributed by atoms with E-state index in [2.05, 4.69) is 24.3 Å². The first-order valence-electron chi connectivity index (χ1n) is 11.0. The number of ether oxygens (including phenoxy) is 1. The Labute approximate surface area is 197 Å². The van der Waals surface area contributed by atoms with Crippen LogP contribution in [0, 0.1) is 12.8 Å². The summed E-state index contributed by atoms with van der Waals surface area (Å²) in [5, 5.41) is 10.3. The van der Waals surface area contributed by atoms with Gasteiger partial charge in [-0.2, -0.15) is 0 Å². The summed E-state index contributed by atoms with van der Waals surface area (Å²) in [6.45, 7) is 2.50. The number of carbonyl (C=O) groups excluding carboxylic acids is 1. The summed E-state index contributed by atoms with van der Waals surface area (Å²) in [6.07, 6.45) is -0.492. The van der Waals surface area contributed by atoms with Gasteiger partial charge in [0.05, 0.1) is 5.92 Å². The summed E-state index contributed by atoms with van der Waals surface area (Å²) < 4.78 is 5.75. The molecule has 3 aromatic rings. The second kappa shape index (κ2) is 8.56. The lowest BCUT2D eigenvalue weighted by Gasteiger charge is -2.19. The Hall–Kier alpha value is -3.31. The first-order chi connectivity index (χ1) is 15.9. The molecule has 0 bridgehead atoms. The highest BCUT2D eigenvalue weighted by Gasteiger charge is 2.42. The van der Waals surface area contributed by atoms with E-state index in [1.807, 2.05) is 49.4 Å². The quantitative estimate of drug-likeness (QED) is 0.541. The Morgan fingerprint density at radius 1 is 0.970 bits per heavy atom. The van der Waals surface area contributed by atoms with Gasteiger partial charge in [0.15, 0.2) is 0 Å². The highest BCUT2D eigenvalue weighted by molar-refractivity contribution is 6.31. The fourth-order valence-corrected chi connectivity index (χ4v) is 5.51. The third-order valence-corrected chi connectivity index (χ3v) is 7.11. The number of benzene rings is 3. The van der Waals surface area contributed by atoms with Crippen molar-refractivity contribution in [3.8, 4) is 11.1 Å². The Balaban J connectivity index is 1.33. The van der Waals surface area contributed by atoms with E-state index in [1.165, 1.54) is 4.90 Å². The fraction of sp³-hybridized carbons (Fsp3) is 0.259. The predicted octanol–water partition coefficient (Wildman–Crippen LogP) is 5.70. The van der Waals surface area contributed by atoms with Crippen LogP contribution in [0.15, 0.2) is 66.7 Å². The van der Waals surface area contributed by atoms with Gasteiger partial charge in [0.1, 0.15) is 6.61 Å². The molecule has 2 unspecified atom stereocenters. The second-order valence-corrected chi connectivity index (χ2v) is 9.19. The van der Waals surface area contributed by atoms with Crippen molar-refractivity contribution >= 4 is 23.7 Å². The molecule has 2 aliphatic rings. The molecule has 1 fully saturated rings. The molecule has 33 heavy (non-hydrogen) atoms. The number of hydrogen-bond acceptors (Lipinski definition) is 3. The SMILES string of the molecule is Cc1ccc(C2CN(C(=O)OCC3c4ccccc4-c4ccccc43)CC2C(=O)O)c(Cl)c1. The maximum absolute atomic E-state index is 13.0. The Bertz CT molecular complexity index is 1190. The smallest absolute Gasteiger partial charge is 0.409 e. The van der Waals surface area contributed by atoms with E-state index >= 15 is 0 Å². The van der Waals surface area contributed by atoms with Crippen LogP contribution in [-0.4, -0.2) is 41.8 Å². The number of amides is 1. The highest BCUT2D eigenvalue weighted by atomic mass is 35.5. The first kappa shape index (κ1) is 21.5. The van der Waals surface area contributed by atoms with Gasteiger partial charge in [-0.3, -0.25) is 4.79 Å². The number of carbonyl (C=O) groups is 2. The number of aryl methyl sites for hydroxylation is 1. The number of hydrogen-bond donors (Lipinski definition) is 1. The van der Waals surface area contributed by atoms with Gasteiger partial charge in [-0.05, 0) is 46.4 Å². The average molecular weight is 462 g/mol. The molecule has 1 aliphatic heterocycles. The number of halogens is 1. The molecule has 168 valence electrons. The molecular weight excluding hydrogens is 438 g/mol. The number of rotatable bonds is 4. The molecule has 1 heterocycles. The van der Waals surface area contributed by atoms with Gasteiger partial charge < -0.3 is 14.7 Å². The van der Waals surface area contributed by atoms with E-state index in [1.54, 1.807) is 0 Å². The van der Waals surface area contributed by atoms with Crippen molar-refractivity contribution < 1.29 is 19.4 Å². The molecule has 1 N–H and O–H groups in total. The van der Waals surface area contributed by atoms with E-state index < -0.39 is 18.0 Å². The minimum Gasteiger partial charge on any atom is -0.481 e. The Morgan fingerprint density at radius 3 is 2.21 bits per heavy atom. The molecule has 0 aromatic heterocycles. The van der Waals surface area contributed by atoms with Crippen molar-refractivity contribution in [2.24, 2.45) is 5.92 Å². The van der Waals surface area contributed by atoms with Gasteiger partial charge in [0.25, 0.3) is 0 Å². The van der Waals surface area contributed by atoms with Crippen molar-refractivity contribution in [3.63, 3.8) is 0 Å². The molecule has 1 aliphatic carbocycles. The molecule has 2 atom stereocenters. The first-order valence-corrected chi connectivity index (χ1v) is 11.4. The van der Waals surface area contributed by atoms with Gasteiger partial charge in [-0.1, -0.05) is 72.3 Å². The lowest BCUT2D eigenvalue weighted by atomic mass is 9.88. The number of fused-ring (bicyclic) bond motifs is 3. The maximum Gasteiger partial charge on any atom is 0.409 e. The molecule has 1 amide bonds. The summed E-state index contributed by atoms with van der Waals surface area (Å²) in [5.74, 6) is -2.09. The third kappa shape index (κ3) is 3.87. The molecule has 6 heteroatoms. The lowest BCUT2D eigenvalue weighted by Crippen LogP contribution is -2.31. The van der Waals surface area contributed by atoms with E-state index in [0.717, 1.165) is 33.4 Å². The highest BCUT2D eigenvalue weighted by Crippen LogP contribution is 2.44. The van der Waals surface area contributed by atoms with Gasteiger partial charge in [0.2, 0.25) is 0 Å². The van der Waals surface area contributed by atoms with E-state index in [0.29, 0.717) is 5.02 Å². The van der Waals surface area contributed by atoms with Crippen LogP contribution in [0.2, 0.25) is 5.02 Å². The van der Waals surface area contributed by atoms with Crippen LogP contribution >= 0.6 is 11.6 Å². The summed E-state index contributed by atoms with van der Waals surface area (Å²) in [6, 6.07) is 21.9. The monoisotopic (exact) mass is 461 g/mol. The molecular formula is C27H24ClNO4. The van der Waals surface area contributed by atoms with Crippen LogP contribution < -0.4 is 0 Å². The molecule has 5 rings (SSSR count). The van der Waals surface area contributed by atoms with Gasteiger partial charge in [-0.25, -0.2) is 4.79 Å². The predicted molar refractivity (Wildman–Crippen MR) is 127 cm³/mol. The Morgan fingerprint density at radius 2 is 1.61 bits per heavy atom. The maximum atomic E-state index is 13.0. The largest absolute Gasteiger partial charge is 0.481 e. The van der Waals surface area contributed by atoms with Crippen LogP contribution in [0.4, 0.5) is 4.79 Å². The zero-order valence-electron chi connectivity index (χ0n) is 18.2. The number of aliphatic carboxylic acids is 1. The van der Waals surface area contributed by atoms with Gasteiger partial charge in [-0.15, -0.1) is 0 Å². The van der Waals surface area contributed by atoms with Crippen molar-refractivity contribution in [2.75, 3.05) is 19.7 Å². The van der Waals surface area contributed by atoms with Crippen molar-refractivity contribution in [3.05, 3.63) is 94.0 Å². The third-order valence-electron chi connectivity index (χ3n) is 6.79. The molecule has 5 nitrogen and oxygen atoms in total. The summed E-state index contributed by atoms with van der Waals surface area (Å²) in [7, 11) is 0. The van der Waals surface area contributed by atoms with Crippen molar-refractivity contribution in [1.82, 2.24) is 4.90 Å². The topological polar surface area (TPSA) is 66.8 Å². The van der Waals surface area contributed by atoms with E-state index in [9.17, 15) is 14.7 Å². The zero-order chi connectivity index (χ0) is 23.1. The Kier molecular flexibility index (Phi) is 5.59. The van der Waals surface area contributed by atoms with Crippen molar-refractivity contribution in [2.45, 2.75) is 18.8 Å². The zero-order valence-corrected chi connectivity index (χ0v) is 19.0. The van der Waals surface area contributed by atoms with Crippen LogP contribution in [0.1, 0.15) is 34.1 Å². The minimum atomic E-state index is -0.939. The number of nitrogens with zero attached hydrogens (tertiary/aromatic N) is 1. The van der Waals surface area contributed by atoms with Crippen LogP contribution in [0.5, 0.6) is 0 Å². The van der Waals surface area contributed by atoms with Crippen LogP contribution in [-0.2, 0) is 9.53 Å². The van der Waals surface area contributed by atoms with Crippen molar-refractivity contribution in [1.29, 1.82) is 0 Å². The average Bonchev–Trinajstić information content (AvgIpc) is 3.38. The molecule has 3 aromatic carbocycles. The number of likely N-dealkylation sites (tertiary alicyclic amines) is 1. The normalized spacial score (nSPS) is 19.3. The van der Waals surface area contributed by atoms with Crippen LogP contribution in [0.25, 0.3) is 11.1 Å². The fourth-order valence-electron chi connectivity index (χ4n) is 5.14. The van der Waals surface area contributed by atoms with Gasteiger partial charge in [0, 0.05) is 29.9 Å². The van der Waals surface area contributed by atoms with E-state index in [4.69, 9.17) is 16.3 Å².